The molecule has 0 N–H and O–H groups in total. The zero-order valence-electron chi connectivity index (χ0n) is 8.46. The highest BCUT2D eigenvalue weighted by Gasteiger charge is 2.09. The Labute approximate surface area is 95.2 Å². The summed E-state index contributed by atoms with van der Waals surface area (Å²) in [4.78, 5) is 15.1. The molecular formula is C7H7ClN6O2. The lowest BCUT2D eigenvalue weighted by Crippen LogP contribution is -1.99. The first-order chi connectivity index (χ1) is 7.67. The lowest BCUT2D eigenvalue weighted by Gasteiger charge is -2.01. The number of aromatic nitrogens is 6. The Morgan fingerprint density at radius 3 is 2.56 bits per heavy atom. The minimum atomic E-state index is -0.0298. The number of halogens is 1. The van der Waals surface area contributed by atoms with Crippen molar-refractivity contribution in [3.8, 4) is 18.0 Å². The first-order valence-corrected chi connectivity index (χ1v) is 4.54. The Morgan fingerprint density at radius 2 is 1.94 bits per heavy atom. The largest absolute Gasteiger partial charge is 0.467 e. The lowest BCUT2D eigenvalue weighted by molar-refractivity contribution is 0.351. The Balaban J connectivity index is 2.24. The van der Waals surface area contributed by atoms with Crippen LogP contribution in [0.1, 0.15) is 0 Å². The third-order valence-corrected chi connectivity index (χ3v) is 1.68. The van der Waals surface area contributed by atoms with Crippen molar-refractivity contribution in [3.05, 3.63) is 11.6 Å². The number of nitrogens with zero attached hydrogens (tertiary/aromatic N) is 6. The van der Waals surface area contributed by atoms with Crippen LogP contribution in [0.3, 0.4) is 0 Å². The molecule has 0 spiro atoms. The molecule has 16 heavy (non-hydrogen) atoms. The number of hydrogen-bond donors (Lipinski definition) is 0. The number of hydrogen-bond acceptors (Lipinski definition) is 7. The van der Waals surface area contributed by atoms with Crippen LogP contribution >= 0.6 is 11.6 Å². The van der Waals surface area contributed by atoms with E-state index < -0.39 is 0 Å². The van der Waals surface area contributed by atoms with Gasteiger partial charge in [0.15, 0.2) is 0 Å². The fourth-order valence-corrected chi connectivity index (χ4v) is 1.04. The highest BCUT2D eigenvalue weighted by atomic mass is 35.5. The molecule has 2 heterocycles. The number of methoxy groups -OCH3 is 1. The molecule has 0 aliphatic heterocycles. The van der Waals surface area contributed by atoms with E-state index in [9.17, 15) is 0 Å². The van der Waals surface area contributed by atoms with Crippen molar-refractivity contribution in [2.75, 3.05) is 7.11 Å². The van der Waals surface area contributed by atoms with Crippen molar-refractivity contribution >= 4 is 11.6 Å². The molecule has 0 radical (unpaired) electrons. The smallest absolute Gasteiger partial charge is 0.343 e. The molecule has 0 fully saturated rings. The van der Waals surface area contributed by atoms with E-state index in [4.69, 9.17) is 21.1 Å². The van der Waals surface area contributed by atoms with Crippen molar-refractivity contribution in [2.45, 2.75) is 0 Å². The maximum absolute atomic E-state index is 5.63. The van der Waals surface area contributed by atoms with Gasteiger partial charge in [-0.3, -0.25) is 4.68 Å². The Bertz CT molecular complexity index is 501. The van der Waals surface area contributed by atoms with Crippen LogP contribution in [-0.4, -0.2) is 36.8 Å². The fourth-order valence-electron chi connectivity index (χ4n) is 0.900. The number of ether oxygens (including phenoxy) is 2. The van der Waals surface area contributed by atoms with Gasteiger partial charge in [0.25, 0.3) is 0 Å². The van der Waals surface area contributed by atoms with E-state index in [-0.39, 0.29) is 23.3 Å². The molecule has 0 bridgehead atoms. The number of aryl methyl sites for hydroxylation is 1. The Hall–Kier alpha value is -1.96. The molecule has 0 aliphatic rings. The van der Waals surface area contributed by atoms with Crippen LogP contribution in [0.25, 0.3) is 0 Å². The van der Waals surface area contributed by atoms with E-state index >= 15 is 0 Å². The standard InChI is InChI=1S/C7H7ClN6O2/c1-14-3-9-5(13-14)16-7-11-4(8)10-6(12-7)15-2/h3H,1-2H3. The van der Waals surface area contributed by atoms with Gasteiger partial charge < -0.3 is 9.47 Å². The summed E-state index contributed by atoms with van der Waals surface area (Å²) in [6, 6.07) is 0.154. The molecule has 0 aromatic carbocycles. The fraction of sp³-hybridized carbons (Fsp3) is 0.286. The summed E-state index contributed by atoms with van der Waals surface area (Å²) in [6.45, 7) is 0. The van der Waals surface area contributed by atoms with Gasteiger partial charge in [0, 0.05) is 7.05 Å². The van der Waals surface area contributed by atoms with Crippen LogP contribution in [0.15, 0.2) is 6.33 Å². The summed E-state index contributed by atoms with van der Waals surface area (Å²) >= 11 is 5.63. The molecule has 0 atom stereocenters. The van der Waals surface area contributed by atoms with Gasteiger partial charge in [0.1, 0.15) is 6.33 Å². The second-order valence-corrected chi connectivity index (χ2v) is 3.01. The predicted octanol–water partition coefficient (Wildman–Crippen LogP) is 0.454. The average molecular weight is 243 g/mol. The second-order valence-electron chi connectivity index (χ2n) is 2.68. The summed E-state index contributed by atoms with van der Waals surface area (Å²) in [6.07, 6.45) is 1.48. The molecule has 0 aliphatic carbocycles. The van der Waals surface area contributed by atoms with E-state index in [0.29, 0.717) is 0 Å². The van der Waals surface area contributed by atoms with Crippen LogP contribution in [0.2, 0.25) is 5.28 Å². The average Bonchev–Trinajstić information content (AvgIpc) is 2.63. The molecule has 84 valence electrons. The van der Waals surface area contributed by atoms with Gasteiger partial charge in [-0.05, 0) is 11.6 Å². The minimum Gasteiger partial charge on any atom is -0.467 e. The number of rotatable bonds is 3. The highest BCUT2D eigenvalue weighted by Crippen LogP contribution is 2.16. The SMILES string of the molecule is COc1nc(Cl)nc(Oc2ncn(C)n2)n1. The summed E-state index contributed by atoms with van der Waals surface area (Å²) in [7, 11) is 3.12. The highest BCUT2D eigenvalue weighted by molar-refractivity contribution is 6.28. The summed E-state index contributed by atoms with van der Waals surface area (Å²) in [5, 5.41) is 3.86. The van der Waals surface area contributed by atoms with E-state index in [1.54, 1.807) is 7.05 Å². The lowest BCUT2D eigenvalue weighted by atomic mass is 10.9. The third-order valence-electron chi connectivity index (χ3n) is 1.51. The first-order valence-electron chi connectivity index (χ1n) is 4.16. The van der Waals surface area contributed by atoms with Crippen LogP contribution in [0, 0.1) is 0 Å². The molecule has 2 aromatic heterocycles. The zero-order valence-corrected chi connectivity index (χ0v) is 9.21. The maximum atomic E-state index is 5.63. The van der Waals surface area contributed by atoms with Crippen molar-refractivity contribution in [1.82, 2.24) is 29.7 Å². The summed E-state index contributed by atoms with van der Waals surface area (Å²) < 4.78 is 11.4. The van der Waals surface area contributed by atoms with Gasteiger partial charge in [-0.2, -0.15) is 15.0 Å². The molecule has 0 saturated carbocycles. The monoisotopic (exact) mass is 242 g/mol. The van der Waals surface area contributed by atoms with Crippen LogP contribution in [-0.2, 0) is 7.05 Å². The van der Waals surface area contributed by atoms with Gasteiger partial charge in [-0.15, -0.1) is 10.1 Å². The van der Waals surface area contributed by atoms with Crippen molar-refractivity contribution < 1.29 is 9.47 Å². The third kappa shape index (κ3) is 2.34. The molecule has 2 aromatic rings. The van der Waals surface area contributed by atoms with Crippen molar-refractivity contribution in [3.63, 3.8) is 0 Å². The summed E-state index contributed by atoms with van der Waals surface area (Å²) in [5.41, 5.74) is 0. The molecule has 2 rings (SSSR count). The van der Waals surface area contributed by atoms with Crippen molar-refractivity contribution in [1.29, 1.82) is 0 Å². The topological polar surface area (TPSA) is 87.8 Å². The van der Waals surface area contributed by atoms with Gasteiger partial charge in [-0.1, -0.05) is 0 Å². The molecule has 0 saturated heterocycles. The quantitative estimate of drug-likeness (QED) is 0.772. The van der Waals surface area contributed by atoms with Gasteiger partial charge in [-0.25, -0.2) is 0 Å². The van der Waals surface area contributed by atoms with E-state index in [2.05, 4.69) is 25.0 Å². The zero-order chi connectivity index (χ0) is 11.5. The van der Waals surface area contributed by atoms with Crippen LogP contribution in [0.4, 0.5) is 0 Å². The normalized spacial score (nSPS) is 10.2. The molecule has 0 amide bonds. The molecule has 8 nitrogen and oxygen atoms in total. The van der Waals surface area contributed by atoms with E-state index in [0.717, 1.165) is 0 Å². The van der Waals surface area contributed by atoms with Gasteiger partial charge in [0.2, 0.25) is 5.28 Å². The van der Waals surface area contributed by atoms with Crippen molar-refractivity contribution in [2.24, 2.45) is 7.05 Å². The molecule has 0 unspecified atom stereocenters. The minimum absolute atomic E-state index is 0.0250. The van der Waals surface area contributed by atoms with Crippen LogP contribution < -0.4 is 9.47 Å². The maximum Gasteiger partial charge on any atom is 0.343 e. The Morgan fingerprint density at radius 1 is 1.19 bits per heavy atom. The van der Waals surface area contributed by atoms with Crippen LogP contribution in [0.5, 0.6) is 18.0 Å². The first kappa shape index (κ1) is 10.6. The van der Waals surface area contributed by atoms with E-state index in [1.165, 1.54) is 18.1 Å². The van der Waals surface area contributed by atoms with Gasteiger partial charge >= 0.3 is 18.0 Å². The Kier molecular flexibility index (Phi) is 2.82. The predicted molar refractivity (Wildman–Crippen MR) is 52.5 cm³/mol. The van der Waals surface area contributed by atoms with Gasteiger partial charge in [0.05, 0.1) is 7.11 Å². The molecule has 9 heteroatoms. The van der Waals surface area contributed by atoms with E-state index in [1.807, 2.05) is 0 Å². The molecular weight excluding hydrogens is 236 g/mol. The second kappa shape index (κ2) is 4.27. The summed E-state index contributed by atoms with van der Waals surface area (Å²) in [5.74, 6) is 0.